The molecule has 76 valence electrons. The Kier molecular flexibility index (Phi) is 2.54. The van der Waals surface area contributed by atoms with Crippen molar-refractivity contribution in [1.82, 2.24) is 0 Å². The summed E-state index contributed by atoms with van der Waals surface area (Å²) in [6.45, 7) is 2.06. The van der Waals surface area contributed by atoms with Crippen LogP contribution in [0.15, 0.2) is 18.2 Å². The molecule has 0 atom stereocenters. The molecule has 0 spiro atoms. The van der Waals surface area contributed by atoms with E-state index in [4.69, 9.17) is 17.3 Å². The van der Waals surface area contributed by atoms with E-state index in [9.17, 15) is 0 Å². The van der Waals surface area contributed by atoms with Crippen LogP contribution in [0.3, 0.4) is 0 Å². The maximum Gasteiger partial charge on any atom is 0.0440 e. The molecular formula is C12H16ClN. The summed E-state index contributed by atoms with van der Waals surface area (Å²) in [5, 5.41) is 0.884. The van der Waals surface area contributed by atoms with Gasteiger partial charge in [-0.2, -0.15) is 0 Å². The first-order valence-corrected chi connectivity index (χ1v) is 5.51. The maximum atomic E-state index is 6.14. The summed E-state index contributed by atoms with van der Waals surface area (Å²) >= 11 is 6.14. The minimum absolute atomic E-state index is 0.133. The van der Waals surface area contributed by atoms with Crippen LogP contribution in [-0.2, 0) is 6.42 Å². The third-order valence-electron chi connectivity index (χ3n) is 2.99. The number of hydrogen-bond acceptors (Lipinski definition) is 1. The van der Waals surface area contributed by atoms with Crippen molar-refractivity contribution in [2.24, 2.45) is 5.73 Å². The zero-order valence-corrected chi connectivity index (χ0v) is 9.27. The SMILES string of the molecule is Cc1ccc(CCC2(N)CC2)c(Cl)c1. The van der Waals surface area contributed by atoms with E-state index < -0.39 is 0 Å². The van der Waals surface area contributed by atoms with Crippen molar-refractivity contribution >= 4 is 11.6 Å². The lowest BCUT2D eigenvalue weighted by molar-refractivity contribution is 0.609. The van der Waals surface area contributed by atoms with Crippen LogP contribution in [0.2, 0.25) is 5.02 Å². The number of aryl methyl sites for hydroxylation is 2. The summed E-state index contributed by atoms with van der Waals surface area (Å²) in [7, 11) is 0. The quantitative estimate of drug-likeness (QED) is 0.814. The molecular weight excluding hydrogens is 194 g/mol. The number of halogens is 1. The van der Waals surface area contributed by atoms with Gasteiger partial charge in [-0.15, -0.1) is 0 Å². The molecule has 0 aliphatic heterocycles. The molecule has 0 radical (unpaired) electrons. The van der Waals surface area contributed by atoms with E-state index in [-0.39, 0.29) is 5.54 Å². The Hall–Kier alpha value is -0.530. The van der Waals surface area contributed by atoms with Gasteiger partial charge in [-0.1, -0.05) is 23.7 Å². The molecule has 1 aromatic carbocycles. The smallest absolute Gasteiger partial charge is 0.0440 e. The highest BCUT2D eigenvalue weighted by Gasteiger charge is 2.37. The molecule has 0 unspecified atom stereocenters. The van der Waals surface area contributed by atoms with Gasteiger partial charge >= 0.3 is 0 Å². The van der Waals surface area contributed by atoms with Gasteiger partial charge in [-0.05, 0) is 49.8 Å². The second-order valence-corrected chi connectivity index (χ2v) is 4.86. The van der Waals surface area contributed by atoms with Crippen molar-refractivity contribution in [2.45, 2.75) is 38.1 Å². The molecule has 1 fully saturated rings. The minimum atomic E-state index is 0.133. The van der Waals surface area contributed by atoms with Gasteiger partial charge in [0.25, 0.3) is 0 Å². The van der Waals surface area contributed by atoms with Crippen molar-refractivity contribution in [3.63, 3.8) is 0 Å². The Morgan fingerprint density at radius 1 is 1.43 bits per heavy atom. The van der Waals surface area contributed by atoms with E-state index in [1.54, 1.807) is 0 Å². The van der Waals surface area contributed by atoms with Gasteiger partial charge in [0, 0.05) is 10.6 Å². The van der Waals surface area contributed by atoms with Crippen molar-refractivity contribution in [3.05, 3.63) is 34.3 Å². The molecule has 0 bridgehead atoms. The van der Waals surface area contributed by atoms with Gasteiger partial charge < -0.3 is 5.73 Å². The van der Waals surface area contributed by atoms with Crippen molar-refractivity contribution in [1.29, 1.82) is 0 Å². The zero-order valence-electron chi connectivity index (χ0n) is 8.52. The molecule has 1 aliphatic carbocycles. The molecule has 14 heavy (non-hydrogen) atoms. The fourth-order valence-electron chi connectivity index (χ4n) is 1.65. The summed E-state index contributed by atoms with van der Waals surface area (Å²) < 4.78 is 0. The van der Waals surface area contributed by atoms with Gasteiger partial charge in [0.05, 0.1) is 0 Å². The van der Waals surface area contributed by atoms with Crippen LogP contribution in [0.5, 0.6) is 0 Å². The Morgan fingerprint density at radius 2 is 2.14 bits per heavy atom. The van der Waals surface area contributed by atoms with Crippen LogP contribution in [0, 0.1) is 6.92 Å². The molecule has 0 saturated heterocycles. The van der Waals surface area contributed by atoms with Gasteiger partial charge in [0.1, 0.15) is 0 Å². The first-order chi connectivity index (χ1) is 6.59. The van der Waals surface area contributed by atoms with Gasteiger partial charge in [-0.3, -0.25) is 0 Å². The molecule has 0 aromatic heterocycles. The summed E-state index contributed by atoms with van der Waals surface area (Å²) in [5.74, 6) is 0. The van der Waals surface area contributed by atoms with Crippen molar-refractivity contribution in [2.75, 3.05) is 0 Å². The molecule has 1 saturated carbocycles. The van der Waals surface area contributed by atoms with E-state index in [2.05, 4.69) is 19.1 Å². The standard InChI is InChI=1S/C12H16ClN/c1-9-2-3-10(11(13)8-9)4-5-12(14)6-7-12/h2-3,8H,4-7,14H2,1H3. The highest BCUT2D eigenvalue weighted by atomic mass is 35.5. The van der Waals surface area contributed by atoms with E-state index in [0.29, 0.717) is 0 Å². The molecule has 1 aliphatic rings. The Bertz CT molecular complexity index is 342. The molecule has 2 N–H and O–H groups in total. The predicted molar refractivity (Wildman–Crippen MR) is 60.7 cm³/mol. The normalized spacial score (nSPS) is 18.2. The van der Waals surface area contributed by atoms with Crippen LogP contribution in [0.4, 0.5) is 0 Å². The lowest BCUT2D eigenvalue weighted by atomic mass is 10.0. The van der Waals surface area contributed by atoms with E-state index in [1.165, 1.54) is 24.0 Å². The summed E-state index contributed by atoms with van der Waals surface area (Å²) in [5.41, 5.74) is 8.61. The lowest BCUT2D eigenvalue weighted by Crippen LogP contribution is -2.22. The Labute approximate surface area is 90.3 Å². The number of nitrogens with two attached hydrogens (primary N) is 1. The number of rotatable bonds is 3. The van der Waals surface area contributed by atoms with Gasteiger partial charge in [0.2, 0.25) is 0 Å². The third kappa shape index (κ3) is 2.28. The summed E-state index contributed by atoms with van der Waals surface area (Å²) in [6.07, 6.45) is 4.43. The summed E-state index contributed by atoms with van der Waals surface area (Å²) in [6, 6.07) is 6.24. The van der Waals surface area contributed by atoms with Crippen molar-refractivity contribution in [3.8, 4) is 0 Å². The second kappa shape index (κ2) is 3.56. The topological polar surface area (TPSA) is 26.0 Å². The van der Waals surface area contributed by atoms with Crippen LogP contribution in [-0.4, -0.2) is 5.54 Å². The average molecular weight is 210 g/mol. The predicted octanol–water partition coefficient (Wildman–Crippen LogP) is 3.07. The number of hydrogen-bond donors (Lipinski definition) is 1. The molecule has 2 rings (SSSR count). The third-order valence-corrected chi connectivity index (χ3v) is 3.34. The maximum absolute atomic E-state index is 6.14. The van der Waals surface area contributed by atoms with Crippen LogP contribution in [0.25, 0.3) is 0 Å². The largest absolute Gasteiger partial charge is 0.325 e. The van der Waals surface area contributed by atoms with Gasteiger partial charge in [-0.25, -0.2) is 0 Å². The molecule has 0 heterocycles. The van der Waals surface area contributed by atoms with E-state index in [1.807, 2.05) is 6.07 Å². The fourth-order valence-corrected chi connectivity index (χ4v) is 1.98. The lowest BCUT2D eigenvalue weighted by Gasteiger charge is -2.09. The Morgan fingerprint density at radius 3 is 2.71 bits per heavy atom. The van der Waals surface area contributed by atoms with Crippen LogP contribution >= 0.6 is 11.6 Å². The van der Waals surface area contributed by atoms with Crippen molar-refractivity contribution < 1.29 is 0 Å². The fraction of sp³-hybridized carbons (Fsp3) is 0.500. The summed E-state index contributed by atoms with van der Waals surface area (Å²) in [4.78, 5) is 0. The molecule has 1 aromatic rings. The molecule has 2 heteroatoms. The zero-order chi connectivity index (χ0) is 10.2. The van der Waals surface area contributed by atoms with E-state index in [0.717, 1.165) is 17.9 Å². The Balaban J connectivity index is 2.02. The average Bonchev–Trinajstić information content (AvgIpc) is 2.83. The number of benzene rings is 1. The highest BCUT2D eigenvalue weighted by molar-refractivity contribution is 6.31. The highest BCUT2D eigenvalue weighted by Crippen LogP contribution is 2.37. The first-order valence-electron chi connectivity index (χ1n) is 5.13. The van der Waals surface area contributed by atoms with Gasteiger partial charge in [0.15, 0.2) is 0 Å². The van der Waals surface area contributed by atoms with Crippen LogP contribution in [0.1, 0.15) is 30.4 Å². The second-order valence-electron chi connectivity index (χ2n) is 4.46. The van der Waals surface area contributed by atoms with Crippen LogP contribution < -0.4 is 5.73 Å². The first kappa shape index (κ1) is 10.0. The monoisotopic (exact) mass is 209 g/mol. The van der Waals surface area contributed by atoms with E-state index >= 15 is 0 Å². The molecule has 1 nitrogen and oxygen atoms in total. The minimum Gasteiger partial charge on any atom is -0.325 e. The molecule has 0 amide bonds.